The first kappa shape index (κ1) is 19.4. The van der Waals surface area contributed by atoms with Gasteiger partial charge in [-0.3, -0.25) is 4.79 Å². The van der Waals surface area contributed by atoms with Gasteiger partial charge in [-0.05, 0) is 23.6 Å². The average molecular weight is 388 g/mol. The summed E-state index contributed by atoms with van der Waals surface area (Å²) >= 11 is 0. The lowest BCUT2D eigenvalue weighted by Crippen LogP contribution is -2.52. The van der Waals surface area contributed by atoms with Crippen LogP contribution >= 0.6 is 0 Å². The molecule has 7 heteroatoms. The fraction of sp³-hybridized carbons (Fsp3) is 0.350. The third-order valence-corrected chi connectivity index (χ3v) is 6.13. The smallest absolute Gasteiger partial charge is 0.241 e. The predicted molar refractivity (Wildman–Crippen MR) is 104 cm³/mol. The van der Waals surface area contributed by atoms with Crippen molar-refractivity contribution in [1.82, 2.24) is 9.21 Å². The van der Waals surface area contributed by atoms with Crippen LogP contribution in [0.25, 0.3) is 0 Å². The largest absolute Gasteiger partial charge is 0.496 e. The molecule has 1 aliphatic heterocycles. The van der Waals surface area contributed by atoms with E-state index in [-0.39, 0.29) is 12.5 Å². The lowest BCUT2D eigenvalue weighted by Gasteiger charge is -2.36. The van der Waals surface area contributed by atoms with E-state index < -0.39 is 16.1 Å². The molecule has 0 bridgehead atoms. The summed E-state index contributed by atoms with van der Waals surface area (Å²) in [5, 5.41) is 0. The Hall–Kier alpha value is -2.38. The molecule has 2 aromatic carbocycles. The van der Waals surface area contributed by atoms with E-state index in [9.17, 15) is 13.2 Å². The number of rotatable bonds is 5. The van der Waals surface area contributed by atoms with Crippen LogP contribution in [0.5, 0.6) is 5.75 Å². The first-order valence-corrected chi connectivity index (χ1v) is 10.6. The van der Waals surface area contributed by atoms with Crippen molar-refractivity contribution in [2.45, 2.75) is 25.6 Å². The van der Waals surface area contributed by atoms with Crippen molar-refractivity contribution in [2.24, 2.45) is 0 Å². The van der Waals surface area contributed by atoms with Gasteiger partial charge in [0.1, 0.15) is 11.8 Å². The molecule has 0 fully saturated rings. The zero-order valence-corrected chi connectivity index (χ0v) is 16.6. The van der Waals surface area contributed by atoms with Gasteiger partial charge in [0.05, 0.1) is 13.4 Å². The van der Waals surface area contributed by atoms with Gasteiger partial charge in [0.25, 0.3) is 0 Å². The summed E-state index contributed by atoms with van der Waals surface area (Å²) in [5.74, 6) is 0.479. The van der Waals surface area contributed by atoms with Crippen LogP contribution in [0.15, 0.2) is 48.5 Å². The van der Waals surface area contributed by atoms with Crippen LogP contribution in [0.3, 0.4) is 0 Å². The number of amides is 1. The van der Waals surface area contributed by atoms with Gasteiger partial charge in [0, 0.05) is 25.7 Å². The van der Waals surface area contributed by atoms with Gasteiger partial charge in [-0.15, -0.1) is 0 Å². The van der Waals surface area contributed by atoms with Crippen molar-refractivity contribution < 1.29 is 17.9 Å². The van der Waals surface area contributed by atoms with Gasteiger partial charge in [0.2, 0.25) is 15.9 Å². The van der Waals surface area contributed by atoms with E-state index in [2.05, 4.69) is 0 Å². The molecule has 0 unspecified atom stereocenters. The number of methoxy groups -OCH3 is 1. The average Bonchev–Trinajstić information content (AvgIpc) is 2.66. The van der Waals surface area contributed by atoms with Crippen molar-refractivity contribution in [2.75, 3.05) is 20.4 Å². The molecule has 0 aromatic heterocycles. The van der Waals surface area contributed by atoms with Gasteiger partial charge < -0.3 is 9.64 Å². The fourth-order valence-corrected chi connectivity index (χ4v) is 4.48. The van der Waals surface area contributed by atoms with Crippen molar-refractivity contribution in [3.8, 4) is 5.75 Å². The zero-order chi connectivity index (χ0) is 19.6. The number of sulfonamides is 1. The summed E-state index contributed by atoms with van der Waals surface area (Å²) in [5.41, 5.74) is 2.83. The minimum atomic E-state index is -3.52. The van der Waals surface area contributed by atoms with Crippen LogP contribution < -0.4 is 4.74 Å². The Morgan fingerprint density at radius 2 is 1.78 bits per heavy atom. The van der Waals surface area contributed by atoms with E-state index in [1.54, 1.807) is 19.1 Å². The number of ether oxygens (including phenoxy) is 1. The highest BCUT2D eigenvalue weighted by Gasteiger charge is 2.38. The minimum absolute atomic E-state index is 0.216. The maximum atomic E-state index is 13.1. The van der Waals surface area contributed by atoms with Crippen LogP contribution in [-0.4, -0.2) is 50.0 Å². The van der Waals surface area contributed by atoms with Crippen molar-refractivity contribution in [3.05, 3.63) is 65.2 Å². The standard InChI is InChI=1S/C20H24N2O4S/c1-21(13-17-10-6-7-11-19(17)26-2)20(23)18-12-15-8-4-5-9-16(15)14-22(18)27(3,24)25/h4-11,18H,12-14H2,1-3H3/t18-/m1/s1. The molecule has 6 nitrogen and oxygen atoms in total. The number of para-hydroxylation sites is 1. The highest BCUT2D eigenvalue weighted by atomic mass is 32.2. The monoisotopic (exact) mass is 388 g/mol. The first-order chi connectivity index (χ1) is 12.8. The van der Waals surface area contributed by atoms with Crippen LogP contribution in [0, 0.1) is 0 Å². The number of fused-ring (bicyclic) bond motifs is 1. The molecule has 0 N–H and O–H groups in total. The molecule has 0 radical (unpaired) electrons. The summed E-state index contributed by atoms with van der Waals surface area (Å²) < 4.78 is 31.3. The molecule has 1 aliphatic rings. The molecule has 0 spiro atoms. The van der Waals surface area contributed by atoms with Crippen LogP contribution in [-0.2, 0) is 34.3 Å². The summed E-state index contributed by atoms with van der Waals surface area (Å²) in [7, 11) is -0.243. The first-order valence-electron chi connectivity index (χ1n) is 8.71. The molecule has 0 aliphatic carbocycles. The summed E-state index contributed by atoms with van der Waals surface area (Å²) in [6.45, 7) is 0.562. The Morgan fingerprint density at radius 1 is 1.15 bits per heavy atom. The van der Waals surface area contributed by atoms with Gasteiger partial charge >= 0.3 is 0 Å². The third kappa shape index (κ3) is 4.14. The molecule has 1 atom stereocenters. The Morgan fingerprint density at radius 3 is 2.44 bits per heavy atom. The summed E-state index contributed by atoms with van der Waals surface area (Å²) in [6.07, 6.45) is 1.53. The van der Waals surface area contributed by atoms with Crippen LogP contribution in [0.4, 0.5) is 0 Å². The Labute approximate surface area is 160 Å². The number of benzene rings is 2. The fourth-order valence-electron chi connectivity index (χ4n) is 3.48. The normalized spacial score (nSPS) is 17.2. The van der Waals surface area contributed by atoms with Crippen LogP contribution in [0.1, 0.15) is 16.7 Å². The molecule has 3 rings (SSSR count). The van der Waals surface area contributed by atoms with Gasteiger partial charge in [-0.2, -0.15) is 4.31 Å². The van der Waals surface area contributed by atoms with E-state index in [0.717, 1.165) is 22.9 Å². The second-order valence-corrected chi connectivity index (χ2v) is 8.74. The number of hydrogen-bond acceptors (Lipinski definition) is 4. The molecule has 1 amide bonds. The van der Waals surface area contributed by atoms with Gasteiger partial charge in [-0.1, -0.05) is 42.5 Å². The van der Waals surface area contributed by atoms with Crippen molar-refractivity contribution in [1.29, 1.82) is 0 Å². The number of carbonyl (C=O) groups excluding carboxylic acids is 1. The Bertz CT molecular complexity index is 943. The summed E-state index contributed by atoms with van der Waals surface area (Å²) in [6, 6.07) is 14.4. The van der Waals surface area contributed by atoms with E-state index in [4.69, 9.17) is 4.74 Å². The van der Waals surface area contributed by atoms with Crippen LogP contribution in [0.2, 0.25) is 0 Å². The van der Waals surface area contributed by atoms with Crippen molar-refractivity contribution in [3.63, 3.8) is 0 Å². The quantitative estimate of drug-likeness (QED) is 0.786. The topological polar surface area (TPSA) is 66.9 Å². The number of likely N-dealkylation sites (N-methyl/N-ethyl adjacent to an activating group) is 1. The van der Waals surface area contributed by atoms with E-state index in [1.165, 1.54) is 4.31 Å². The molecule has 1 heterocycles. The highest BCUT2D eigenvalue weighted by Crippen LogP contribution is 2.27. The molecular weight excluding hydrogens is 364 g/mol. The van der Waals surface area contributed by atoms with E-state index in [1.807, 2.05) is 48.5 Å². The molecular formula is C20H24N2O4S. The SMILES string of the molecule is COc1ccccc1CN(C)C(=O)[C@H]1Cc2ccccc2CN1S(C)(=O)=O. The molecule has 144 valence electrons. The Balaban J connectivity index is 1.87. The minimum Gasteiger partial charge on any atom is -0.496 e. The second kappa shape index (κ2) is 7.70. The maximum absolute atomic E-state index is 13.1. The predicted octanol–water partition coefficient (Wildman–Crippen LogP) is 2.04. The molecule has 0 saturated carbocycles. The maximum Gasteiger partial charge on any atom is 0.241 e. The Kier molecular flexibility index (Phi) is 5.53. The second-order valence-electron chi connectivity index (χ2n) is 6.80. The van der Waals surface area contributed by atoms with Gasteiger partial charge in [-0.25, -0.2) is 8.42 Å². The lowest BCUT2D eigenvalue weighted by molar-refractivity contribution is -0.135. The van der Waals surface area contributed by atoms with Gasteiger partial charge in [0.15, 0.2) is 0 Å². The number of nitrogens with zero attached hydrogens (tertiary/aromatic N) is 2. The van der Waals surface area contributed by atoms with E-state index in [0.29, 0.717) is 18.7 Å². The third-order valence-electron chi connectivity index (χ3n) is 4.89. The summed E-state index contributed by atoms with van der Waals surface area (Å²) in [4.78, 5) is 14.7. The van der Waals surface area contributed by atoms with Crippen molar-refractivity contribution >= 4 is 15.9 Å². The number of carbonyl (C=O) groups is 1. The molecule has 2 aromatic rings. The molecule has 27 heavy (non-hydrogen) atoms. The highest BCUT2D eigenvalue weighted by molar-refractivity contribution is 7.88. The number of hydrogen-bond donors (Lipinski definition) is 0. The molecule has 0 saturated heterocycles. The zero-order valence-electron chi connectivity index (χ0n) is 15.8. The van der Waals surface area contributed by atoms with E-state index >= 15 is 0 Å². The lowest BCUT2D eigenvalue weighted by atomic mass is 9.95.